The van der Waals surface area contributed by atoms with E-state index in [9.17, 15) is 0 Å². The minimum absolute atomic E-state index is 0.443. The first-order valence-electron chi connectivity index (χ1n) is 5.42. The van der Waals surface area contributed by atoms with Gasteiger partial charge in [0.1, 0.15) is 5.82 Å². The lowest BCUT2D eigenvalue weighted by Crippen LogP contribution is -2.31. The van der Waals surface area contributed by atoms with Gasteiger partial charge >= 0.3 is 0 Å². The molecule has 1 atom stereocenters. The fourth-order valence-electron chi connectivity index (χ4n) is 1.53. The van der Waals surface area contributed by atoms with Crippen LogP contribution in [-0.2, 0) is 6.54 Å². The maximum atomic E-state index is 5.29. The van der Waals surface area contributed by atoms with E-state index in [1.807, 2.05) is 19.3 Å². The molecule has 0 aliphatic heterocycles. The molecule has 1 unspecified atom stereocenters. The monoisotopic (exact) mass is 205 g/mol. The molecule has 15 heavy (non-hydrogen) atoms. The van der Waals surface area contributed by atoms with Gasteiger partial charge in [0.2, 0.25) is 0 Å². The fraction of sp³-hybridized carbons (Fsp3) is 0.583. The average Bonchev–Trinajstić information content (AvgIpc) is 2.63. The molecule has 0 radical (unpaired) electrons. The number of hydrogen-bond acceptors (Lipinski definition) is 2. The Kier molecular flexibility index (Phi) is 4.92. The van der Waals surface area contributed by atoms with Crippen molar-refractivity contribution < 1.29 is 0 Å². The van der Waals surface area contributed by atoms with E-state index in [-0.39, 0.29) is 0 Å². The molecule has 0 aromatic carbocycles. The van der Waals surface area contributed by atoms with E-state index in [0.29, 0.717) is 6.04 Å². The van der Waals surface area contributed by atoms with E-state index in [0.717, 1.165) is 31.8 Å². The Morgan fingerprint density at radius 2 is 2.47 bits per heavy atom. The second-order valence-electron chi connectivity index (χ2n) is 3.64. The number of imidazole rings is 1. The Morgan fingerprint density at radius 3 is 3.00 bits per heavy atom. The van der Waals surface area contributed by atoms with E-state index in [1.165, 1.54) is 0 Å². The quantitative estimate of drug-likeness (QED) is 0.715. The molecule has 3 heteroatoms. The summed E-state index contributed by atoms with van der Waals surface area (Å²) < 4.78 is 2.13. The van der Waals surface area contributed by atoms with Gasteiger partial charge in [-0.05, 0) is 13.3 Å². The largest absolute Gasteiger partial charge is 0.334 e. The minimum atomic E-state index is 0.443. The SMILES string of the molecule is C#CCC(CC)NCCn1ccnc1C. The maximum Gasteiger partial charge on any atom is 0.105 e. The van der Waals surface area contributed by atoms with Crippen molar-refractivity contribution >= 4 is 0 Å². The third-order valence-electron chi connectivity index (χ3n) is 2.57. The van der Waals surface area contributed by atoms with Crippen LogP contribution in [0.5, 0.6) is 0 Å². The summed E-state index contributed by atoms with van der Waals surface area (Å²) >= 11 is 0. The third-order valence-corrected chi connectivity index (χ3v) is 2.57. The highest BCUT2D eigenvalue weighted by Gasteiger charge is 2.03. The smallest absolute Gasteiger partial charge is 0.105 e. The van der Waals surface area contributed by atoms with Crippen molar-refractivity contribution in [2.45, 2.75) is 39.3 Å². The van der Waals surface area contributed by atoms with Gasteiger partial charge in [-0.15, -0.1) is 12.3 Å². The lowest BCUT2D eigenvalue weighted by molar-refractivity contribution is 0.481. The van der Waals surface area contributed by atoms with Crippen LogP contribution in [0.1, 0.15) is 25.6 Å². The van der Waals surface area contributed by atoms with Crippen molar-refractivity contribution in [1.82, 2.24) is 14.9 Å². The Hall–Kier alpha value is -1.27. The van der Waals surface area contributed by atoms with Crippen molar-refractivity contribution in [2.24, 2.45) is 0 Å². The van der Waals surface area contributed by atoms with Crippen LogP contribution in [0.15, 0.2) is 12.4 Å². The molecule has 0 saturated carbocycles. The van der Waals surface area contributed by atoms with Crippen LogP contribution in [0.2, 0.25) is 0 Å². The van der Waals surface area contributed by atoms with Crippen LogP contribution in [0, 0.1) is 19.3 Å². The molecule has 0 aliphatic rings. The zero-order chi connectivity index (χ0) is 11.1. The maximum absolute atomic E-state index is 5.29. The summed E-state index contributed by atoms with van der Waals surface area (Å²) in [4.78, 5) is 4.17. The van der Waals surface area contributed by atoms with Crippen LogP contribution in [0.4, 0.5) is 0 Å². The van der Waals surface area contributed by atoms with Crippen molar-refractivity contribution in [3.63, 3.8) is 0 Å². The summed E-state index contributed by atoms with van der Waals surface area (Å²) in [6, 6.07) is 0.443. The predicted molar refractivity (Wildman–Crippen MR) is 62.5 cm³/mol. The van der Waals surface area contributed by atoms with Gasteiger partial charge in [-0.1, -0.05) is 6.92 Å². The molecule has 0 aliphatic carbocycles. The summed E-state index contributed by atoms with van der Waals surface area (Å²) in [5, 5.41) is 3.44. The number of hydrogen-bond donors (Lipinski definition) is 1. The van der Waals surface area contributed by atoms with Crippen molar-refractivity contribution in [3.8, 4) is 12.3 Å². The van der Waals surface area contributed by atoms with Gasteiger partial charge in [0.15, 0.2) is 0 Å². The summed E-state index contributed by atoms with van der Waals surface area (Å²) in [6.45, 7) is 6.06. The number of terminal acetylenes is 1. The Bertz CT molecular complexity index is 322. The molecule has 0 bridgehead atoms. The highest BCUT2D eigenvalue weighted by molar-refractivity contribution is 4.90. The minimum Gasteiger partial charge on any atom is -0.334 e. The van der Waals surface area contributed by atoms with Gasteiger partial charge in [-0.2, -0.15) is 0 Å². The molecule has 1 N–H and O–H groups in total. The standard InChI is InChI=1S/C12H19N3/c1-4-6-12(5-2)14-8-10-15-9-7-13-11(15)3/h1,7,9,12,14H,5-6,8,10H2,2-3H3. The molecule has 0 fully saturated rings. The second kappa shape index (κ2) is 6.26. The van der Waals surface area contributed by atoms with Gasteiger partial charge in [0.25, 0.3) is 0 Å². The van der Waals surface area contributed by atoms with Gasteiger partial charge in [-0.3, -0.25) is 0 Å². The normalized spacial score (nSPS) is 12.3. The molecule has 82 valence electrons. The average molecular weight is 205 g/mol. The lowest BCUT2D eigenvalue weighted by atomic mass is 10.1. The van der Waals surface area contributed by atoms with E-state index >= 15 is 0 Å². The number of rotatable bonds is 6. The Morgan fingerprint density at radius 1 is 1.67 bits per heavy atom. The molecule has 1 aromatic heterocycles. The van der Waals surface area contributed by atoms with Gasteiger partial charge in [0.05, 0.1) is 0 Å². The first kappa shape index (κ1) is 11.8. The van der Waals surface area contributed by atoms with Crippen LogP contribution in [0.25, 0.3) is 0 Å². The van der Waals surface area contributed by atoms with E-state index in [4.69, 9.17) is 6.42 Å². The van der Waals surface area contributed by atoms with Gasteiger partial charge < -0.3 is 9.88 Å². The molecule has 1 aromatic rings. The van der Waals surface area contributed by atoms with Crippen molar-refractivity contribution in [1.29, 1.82) is 0 Å². The summed E-state index contributed by atoms with van der Waals surface area (Å²) in [6.07, 6.45) is 11.0. The number of aryl methyl sites for hydroxylation is 1. The van der Waals surface area contributed by atoms with Crippen LogP contribution in [-0.4, -0.2) is 22.1 Å². The molecule has 1 rings (SSSR count). The van der Waals surface area contributed by atoms with Gasteiger partial charge in [-0.25, -0.2) is 4.98 Å². The van der Waals surface area contributed by atoms with Crippen LogP contribution >= 0.6 is 0 Å². The molecule has 3 nitrogen and oxygen atoms in total. The number of nitrogens with one attached hydrogen (secondary N) is 1. The lowest BCUT2D eigenvalue weighted by Gasteiger charge is -2.14. The molecule has 0 saturated heterocycles. The number of aromatic nitrogens is 2. The summed E-state index contributed by atoms with van der Waals surface area (Å²) in [7, 11) is 0. The van der Waals surface area contributed by atoms with E-state index < -0.39 is 0 Å². The van der Waals surface area contributed by atoms with Crippen LogP contribution < -0.4 is 5.32 Å². The first-order chi connectivity index (χ1) is 7.27. The zero-order valence-electron chi connectivity index (χ0n) is 9.53. The highest BCUT2D eigenvalue weighted by atomic mass is 15.1. The van der Waals surface area contributed by atoms with E-state index in [2.05, 4.69) is 27.7 Å². The molecule has 0 spiro atoms. The Balaban J connectivity index is 2.27. The Labute approximate surface area is 91.9 Å². The van der Waals surface area contributed by atoms with Crippen molar-refractivity contribution in [2.75, 3.05) is 6.54 Å². The molecule has 1 heterocycles. The molecular formula is C12H19N3. The van der Waals surface area contributed by atoms with Crippen LogP contribution in [0.3, 0.4) is 0 Å². The first-order valence-corrected chi connectivity index (χ1v) is 5.42. The predicted octanol–water partition coefficient (Wildman–Crippen LogP) is 1.58. The highest BCUT2D eigenvalue weighted by Crippen LogP contribution is 1.97. The third kappa shape index (κ3) is 3.77. The molecular weight excluding hydrogens is 186 g/mol. The topological polar surface area (TPSA) is 29.9 Å². The number of nitrogens with zero attached hydrogens (tertiary/aromatic N) is 2. The summed E-state index contributed by atoms with van der Waals surface area (Å²) in [5.41, 5.74) is 0. The second-order valence-corrected chi connectivity index (χ2v) is 3.64. The fourth-order valence-corrected chi connectivity index (χ4v) is 1.53. The molecule has 0 amide bonds. The summed E-state index contributed by atoms with van der Waals surface area (Å²) in [5.74, 6) is 3.75. The van der Waals surface area contributed by atoms with Gasteiger partial charge in [0, 0.05) is 37.9 Å². The van der Waals surface area contributed by atoms with E-state index in [1.54, 1.807) is 0 Å². The van der Waals surface area contributed by atoms with Crippen molar-refractivity contribution in [3.05, 3.63) is 18.2 Å². The zero-order valence-corrected chi connectivity index (χ0v) is 9.53.